The van der Waals surface area contributed by atoms with Crippen molar-refractivity contribution < 1.29 is 17.9 Å². The first-order valence-corrected chi connectivity index (χ1v) is 9.12. The lowest BCUT2D eigenvalue weighted by atomic mass is 10.1. The Balaban J connectivity index is 1.48. The Morgan fingerprint density at radius 1 is 1.22 bits per heavy atom. The number of hydrogen-bond acceptors (Lipinski definition) is 5. The molecule has 5 nitrogen and oxygen atoms in total. The first-order valence-electron chi connectivity index (χ1n) is 9.12. The SMILES string of the molecule is Cc1nc2c(c(OCc3ccc(C(F)(F)F)nc3)n1)CN(CC1CC1)CC2. The normalized spacial score (nSPS) is 17.6. The van der Waals surface area contributed by atoms with Crippen LogP contribution in [0.2, 0.25) is 0 Å². The van der Waals surface area contributed by atoms with Gasteiger partial charge in [-0.1, -0.05) is 6.07 Å². The number of aromatic nitrogens is 3. The lowest BCUT2D eigenvalue weighted by molar-refractivity contribution is -0.141. The highest BCUT2D eigenvalue weighted by molar-refractivity contribution is 5.33. The van der Waals surface area contributed by atoms with Crippen LogP contribution in [-0.2, 0) is 25.7 Å². The molecule has 0 N–H and O–H groups in total. The van der Waals surface area contributed by atoms with Crippen LogP contribution in [0.5, 0.6) is 5.88 Å². The quantitative estimate of drug-likeness (QED) is 0.797. The minimum Gasteiger partial charge on any atom is -0.472 e. The van der Waals surface area contributed by atoms with E-state index in [0.29, 0.717) is 17.3 Å². The summed E-state index contributed by atoms with van der Waals surface area (Å²) in [6.45, 7) is 4.78. The van der Waals surface area contributed by atoms with Gasteiger partial charge in [-0.15, -0.1) is 0 Å². The second-order valence-electron chi connectivity index (χ2n) is 7.27. The van der Waals surface area contributed by atoms with Crippen molar-refractivity contribution in [2.24, 2.45) is 5.92 Å². The minimum absolute atomic E-state index is 0.122. The van der Waals surface area contributed by atoms with Crippen LogP contribution in [-0.4, -0.2) is 32.9 Å². The molecule has 0 unspecified atom stereocenters. The fraction of sp³-hybridized carbons (Fsp3) is 0.526. The van der Waals surface area contributed by atoms with E-state index in [2.05, 4.69) is 19.9 Å². The molecular formula is C19H21F3N4O. The zero-order chi connectivity index (χ0) is 19.0. The Morgan fingerprint density at radius 3 is 2.70 bits per heavy atom. The van der Waals surface area contributed by atoms with Gasteiger partial charge in [0.2, 0.25) is 5.88 Å². The molecule has 0 bridgehead atoms. The van der Waals surface area contributed by atoms with E-state index in [1.807, 2.05) is 6.92 Å². The molecule has 0 aromatic carbocycles. The summed E-state index contributed by atoms with van der Waals surface area (Å²) in [5, 5.41) is 0. The average Bonchev–Trinajstić information content (AvgIpc) is 3.43. The summed E-state index contributed by atoms with van der Waals surface area (Å²) in [5.74, 6) is 1.98. The Morgan fingerprint density at radius 2 is 2.04 bits per heavy atom. The van der Waals surface area contributed by atoms with Gasteiger partial charge in [0.1, 0.15) is 18.1 Å². The number of ether oxygens (including phenoxy) is 1. The number of pyridine rings is 1. The second-order valence-corrected chi connectivity index (χ2v) is 7.27. The highest BCUT2D eigenvalue weighted by Gasteiger charge is 2.32. The van der Waals surface area contributed by atoms with Crippen molar-refractivity contribution in [3.05, 3.63) is 46.7 Å². The molecule has 4 rings (SSSR count). The van der Waals surface area contributed by atoms with Crippen molar-refractivity contribution in [2.75, 3.05) is 13.1 Å². The summed E-state index contributed by atoms with van der Waals surface area (Å²) in [6, 6.07) is 2.35. The van der Waals surface area contributed by atoms with Crippen molar-refractivity contribution in [2.45, 2.75) is 45.5 Å². The summed E-state index contributed by atoms with van der Waals surface area (Å²) < 4.78 is 43.7. The van der Waals surface area contributed by atoms with Gasteiger partial charge < -0.3 is 4.74 Å². The van der Waals surface area contributed by atoms with Crippen LogP contribution >= 0.6 is 0 Å². The van der Waals surface area contributed by atoms with E-state index in [-0.39, 0.29) is 6.61 Å². The third-order valence-corrected chi connectivity index (χ3v) is 4.92. The van der Waals surface area contributed by atoms with Crippen molar-refractivity contribution in [1.29, 1.82) is 0 Å². The maximum atomic E-state index is 12.6. The minimum atomic E-state index is -4.44. The maximum Gasteiger partial charge on any atom is 0.433 e. The zero-order valence-corrected chi connectivity index (χ0v) is 15.1. The van der Waals surface area contributed by atoms with Crippen molar-refractivity contribution in [3.8, 4) is 5.88 Å². The predicted molar refractivity (Wildman–Crippen MR) is 92.0 cm³/mol. The second kappa shape index (κ2) is 7.07. The van der Waals surface area contributed by atoms with Crippen molar-refractivity contribution >= 4 is 0 Å². The molecule has 1 aliphatic carbocycles. The van der Waals surface area contributed by atoms with Crippen LogP contribution in [0.15, 0.2) is 18.3 Å². The standard InChI is InChI=1S/C19H21F3N4O/c1-12-24-16-6-7-26(9-13-2-3-13)10-15(16)18(25-12)27-11-14-4-5-17(23-8-14)19(20,21)22/h4-5,8,13H,2-3,6-7,9-11H2,1H3. The maximum absolute atomic E-state index is 12.6. The summed E-state index contributed by atoms with van der Waals surface area (Å²) >= 11 is 0. The lowest BCUT2D eigenvalue weighted by Crippen LogP contribution is -2.33. The molecule has 2 aromatic rings. The van der Waals surface area contributed by atoms with Gasteiger partial charge in [-0.25, -0.2) is 4.98 Å². The predicted octanol–water partition coefficient (Wildman–Crippen LogP) is 3.55. The first-order chi connectivity index (χ1) is 12.9. The van der Waals surface area contributed by atoms with Crippen molar-refractivity contribution in [1.82, 2.24) is 19.9 Å². The number of aryl methyl sites for hydroxylation is 1. The largest absolute Gasteiger partial charge is 0.472 e. The summed E-state index contributed by atoms with van der Waals surface area (Å²) in [7, 11) is 0. The fourth-order valence-electron chi connectivity index (χ4n) is 3.33. The number of rotatable bonds is 5. The van der Waals surface area contributed by atoms with Crippen LogP contribution in [0, 0.1) is 12.8 Å². The van der Waals surface area contributed by atoms with Crippen LogP contribution in [0.25, 0.3) is 0 Å². The molecule has 2 aliphatic rings. The average molecular weight is 378 g/mol. The van der Waals surface area contributed by atoms with Crippen LogP contribution in [0.4, 0.5) is 13.2 Å². The number of nitrogens with zero attached hydrogens (tertiary/aromatic N) is 4. The van der Waals surface area contributed by atoms with Gasteiger partial charge in [-0.3, -0.25) is 9.88 Å². The van der Waals surface area contributed by atoms with Gasteiger partial charge in [-0.05, 0) is 31.7 Å². The Labute approximate surface area is 155 Å². The fourth-order valence-corrected chi connectivity index (χ4v) is 3.33. The molecule has 1 aliphatic heterocycles. The molecule has 2 aromatic heterocycles. The smallest absolute Gasteiger partial charge is 0.433 e. The Hall–Kier alpha value is -2.22. The van der Waals surface area contributed by atoms with E-state index in [4.69, 9.17) is 4.74 Å². The molecular weight excluding hydrogens is 357 g/mol. The molecule has 0 amide bonds. The van der Waals surface area contributed by atoms with Gasteiger partial charge >= 0.3 is 6.18 Å². The van der Waals surface area contributed by atoms with Crippen LogP contribution in [0.3, 0.4) is 0 Å². The Bertz CT molecular complexity index is 819. The number of alkyl halides is 3. The monoisotopic (exact) mass is 378 g/mol. The molecule has 0 radical (unpaired) electrons. The van der Waals surface area contributed by atoms with Gasteiger partial charge in [-0.2, -0.15) is 18.2 Å². The van der Waals surface area contributed by atoms with Gasteiger partial charge in [0.05, 0.1) is 5.69 Å². The zero-order valence-electron chi connectivity index (χ0n) is 15.1. The van der Waals surface area contributed by atoms with E-state index in [1.54, 1.807) is 0 Å². The third-order valence-electron chi connectivity index (χ3n) is 4.92. The van der Waals surface area contributed by atoms with E-state index in [1.165, 1.54) is 25.1 Å². The van der Waals surface area contributed by atoms with Gasteiger partial charge in [0.15, 0.2) is 0 Å². The summed E-state index contributed by atoms with van der Waals surface area (Å²) in [5.41, 5.74) is 1.67. The molecule has 1 saturated carbocycles. The number of halogens is 3. The molecule has 3 heterocycles. The number of fused-ring (bicyclic) bond motifs is 1. The van der Waals surface area contributed by atoms with E-state index >= 15 is 0 Å². The van der Waals surface area contributed by atoms with E-state index in [0.717, 1.165) is 49.3 Å². The highest BCUT2D eigenvalue weighted by atomic mass is 19.4. The molecule has 0 spiro atoms. The van der Waals surface area contributed by atoms with Crippen molar-refractivity contribution in [3.63, 3.8) is 0 Å². The third kappa shape index (κ3) is 4.37. The highest BCUT2D eigenvalue weighted by Crippen LogP contribution is 2.33. The molecule has 8 heteroatoms. The number of hydrogen-bond donors (Lipinski definition) is 0. The first kappa shape index (κ1) is 18.2. The Kier molecular flexibility index (Phi) is 4.75. The molecule has 144 valence electrons. The van der Waals surface area contributed by atoms with E-state index in [9.17, 15) is 13.2 Å². The molecule has 0 saturated heterocycles. The molecule has 27 heavy (non-hydrogen) atoms. The van der Waals surface area contributed by atoms with Crippen LogP contribution in [0.1, 0.15) is 41.2 Å². The molecule has 1 fully saturated rings. The topological polar surface area (TPSA) is 51.1 Å². The van der Waals surface area contributed by atoms with Crippen LogP contribution < -0.4 is 4.74 Å². The summed E-state index contributed by atoms with van der Waals surface area (Å²) in [4.78, 5) is 14.9. The van der Waals surface area contributed by atoms with E-state index < -0.39 is 11.9 Å². The lowest BCUT2D eigenvalue weighted by Gasteiger charge is -2.29. The van der Waals surface area contributed by atoms with Gasteiger partial charge in [0.25, 0.3) is 0 Å². The van der Waals surface area contributed by atoms with Gasteiger partial charge in [0, 0.05) is 43.4 Å². The molecule has 0 atom stereocenters. The summed E-state index contributed by atoms with van der Waals surface area (Å²) in [6.07, 6.45) is 0.232.